The van der Waals surface area contributed by atoms with Gasteiger partial charge in [0, 0.05) is 25.5 Å². The van der Waals surface area contributed by atoms with Crippen molar-refractivity contribution in [2.75, 3.05) is 18.1 Å². The minimum Gasteiger partial charge on any atom is -0.442 e. The van der Waals surface area contributed by atoms with Gasteiger partial charge in [0.25, 0.3) is 0 Å². The third kappa shape index (κ3) is 2.88. The molecule has 0 unspecified atom stereocenters. The summed E-state index contributed by atoms with van der Waals surface area (Å²) in [5, 5.41) is 3.31. The first-order chi connectivity index (χ1) is 8.47. The summed E-state index contributed by atoms with van der Waals surface area (Å²) in [6, 6.07) is 1.75. The van der Waals surface area contributed by atoms with E-state index in [9.17, 15) is 4.79 Å². The average molecular weight is 250 g/mol. The van der Waals surface area contributed by atoms with E-state index in [1.54, 1.807) is 28.5 Å². The number of nitrogens with zero attached hydrogens (tertiary/aromatic N) is 4. The number of ether oxygens (including phenoxy) is 1. The summed E-state index contributed by atoms with van der Waals surface area (Å²) in [5.41, 5.74) is -0.497. The number of anilines is 1. The molecule has 1 aromatic rings. The molecule has 1 aliphatic rings. The van der Waals surface area contributed by atoms with Gasteiger partial charge in [0.1, 0.15) is 5.60 Å². The molecule has 1 saturated heterocycles. The average Bonchev–Trinajstić information content (AvgIpc) is 2.76. The normalized spacial score (nSPS) is 15.9. The maximum absolute atomic E-state index is 12.1. The third-order valence-electron chi connectivity index (χ3n) is 2.42. The topological polar surface area (TPSA) is 58.6 Å². The summed E-state index contributed by atoms with van der Waals surface area (Å²) >= 11 is 0. The Hall–Kier alpha value is -1.85. The van der Waals surface area contributed by atoms with Crippen molar-refractivity contribution in [2.24, 2.45) is 0 Å². The highest BCUT2D eigenvalue weighted by molar-refractivity contribution is 5.70. The summed E-state index contributed by atoms with van der Waals surface area (Å²) in [5.74, 6) is 0.529. The fraction of sp³-hybridized carbons (Fsp3) is 0.583. The van der Waals surface area contributed by atoms with Crippen molar-refractivity contribution < 1.29 is 9.53 Å². The van der Waals surface area contributed by atoms with Crippen LogP contribution in [-0.2, 0) is 4.74 Å². The van der Waals surface area contributed by atoms with E-state index >= 15 is 0 Å². The van der Waals surface area contributed by atoms with Gasteiger partial charge < -0.3 is 4.74 Å². The van der Waals surface area contributed by atoms with Crippen LogP contribution in [0.4, 0.5) is 10.7 Å². The summed E-state index contributed by atoms with van der Waals surface area (Å²) < 4.78 is 5.36. The van der Waals surface area contributed by atoms with Gasteiger partial charge in [-0.05, 0) is 33.3 Å². The van der Waals surface area contributed by atoms with Crippen LogP contribution < -0.4 is 5.01 Å². The fourth-order valence-corrected chi connectivity index (χ4v) is 1.75. The number of aromatic nitrogens is 2. The number of hydrogen-bond donors (Lipinski definition) is 0. The highest BCUT2D eigenvalue weighted by Gasteiger charge is 2.32. The SMILES string of the molecule is CC(C)(C)OC(=O)N1CCCN1c1ncccn1. The highest BCUT2D eigenvalue weighted by Crippen LogP contribution is 2.19. The van der Waals surface area contributed by atoms with Gasteiger partial charge in [0.2, 0.25) is 5.95 Å². The van der Waals surface area contributed by atoms with E-state index in [-0.39, 0.29) is 6.09 Å². The summed E-state index contributed by atoms with van der Waals surface area (Å²) in [7, 11) is 0. The molecule has 0 aliphatic carbocycles. The Kier molecular flexibility index (Phi) is 3.36. The molecule has 6 heteroatoms. The standard InChI is InChI=1S/C12H18N4O2/c1-12(2,3)18-11(17)16-9-5-8-15(16)10-13-6-4-7-14-10/h4,6-7H,5,8-9H2,1-3H3. The molecule has 1 fully saturated rings. The minimum absolute atomic E-state index is 0.354. The molecule has 2 heterocycles. The largest absolute Gasteiger partial charge is 0.442 e. The van der Waals surface area contributed by atoms with Crippen LogP contribution >= 0.6 is 0 Å². The predicted molar refractivity (Wildman–Crippen MR) is 66.9 cm³/mol. The molecule has 1 aliphatic heterocycles. The molecule has 2 rings (SSSR count). The third-order valence-corrected chi connectivity index (χ3v) is 2.42. The smallest absolute Gasteiger partial charge is 0.429 e. The molecule has 0 spiro atoms. The van der Waals surface area contributed by atoms with Crippen molar-refractivity contribution in [3.8, 4) is 0 Å². The monoisotopic (exact) mass is 250 g/mol. The lowest BCUT2D eigenvalue weighted by Crippen LogP contribution is -2.44. The molecule has 0 aromatic carbocycles. The maximum atomic E-state index is 12.1. The van der Waals surface area contributed by atoms with E-state index in [0.717, 1.165) is 13.0 Å². The lowest BCUT2D eigenvalue weighted by molar-refractivity contribution is 0.0271. The van der Waals surface area contributed by atoms with E-state index < -0.39 is 5.60 Å². The number of hydrazine groups is 1. The molecule has 0 saturated carbocycles. The lowest BCUT2D eigenvalue weighted by atomic mass is 10.2. The zero-order valence-electron chi connectivity index (χ0n) is 11.0. The Morgan fingerprint density at radius 1 is 1.28 bits per heavy atom. The molecule has 6 nitrogen and oxygen atoms in total. The zero-order valence-corrected chi connectivity index (χ0v) is 11.0. The second kappa shape index (κ2) is 4.80. The van der Waals surface area contributed by atoms with Crippen molar-refractivity contribution in [1.82, 2.24) is 15.0 Å². The minimum atomic E-state index is -0.497. The van der Waals surface area contributed by atoms with Gasteiger partial charge >= 0.3 is 6.09 Å². The van der Waals surface area contributed by atoms with E-state index in [1.807, 2.05) is 20.8 Å². The van der Waals surface area contributed by atoms with E-state index in [2.05, 4.69) is 9.97 Å². The van der Waals surface area contributed by atoms with Gasteiger partial charge in [-0.3, -0.25) is 0 Å². The number of hydrogen-bond acceptors (Lipinski definition) is 5. The molecule has 0 atom stereocenters. The van der Waals surface area contributed by atoms with Crippen molar-refractivity contribution >= 4 is 12.0 Å². The quantitative estimate of drug-likeness (QED) is 0.761. The summed E-state index contributed by atoms with van der Waals surface area (Å²) in [4.78, 5) is 20.4. The Labute approximate surface area is 107 Å². The molecule has 1 amide bonds. The molecule has 98 valence electrons. The van der Waals surface area contributed by atoms with Gasteiger partial charge in [-0.25, -0.2) is 24.8 Å². The van der Waals surface area contributed by atoms with Crippen LogP contribution in [0.5, 0.6) is 0 Å². The van der Waals surface area contributed by atoms with Crippen LogP contribution in [0.1, 0.15) is 27.2 Å². The maximum Gasteiger partial charge on any atom is 0.429 e. The Bertz CT molecular complexity index is 416. The number of amides is 1. The first-order valence-electron chi connectivity index (χ1n) is 6.02. The molecule has 0 bridgehead atoms. The van der Waals surface area contributed by atoms with E-state index in [4.69, 9.17) is 4.74 Å². The van der Waals surface area contributed by atoms with Crippen molar-refractivity contribution in [3.05, 3.63) is 18.5 Å². The fourth-order valence-electron chi connectivity index (χ4n) is 1.75. The lowest BCUT2D eigenvalue weighted by Gasteiger charge is -2.30. The van der Waals surface area contributed by atoms with Gasteiger partial charge in [-0.1, -0.05) is 0 Å². The van der Waals surface area contributed by atoms with Crippen LogP contribution in [0, 0.1) is 0 Å². The predicted octanol–water partition coefficient (Wildman–Crippen LogP) is 1.84. The van der Waals surface area contributed by atoms with Gasteiger partial charge in [-0.2, -0.15) is 0 Å². The Morgan fingerprint density at radius 2 is 1.94 bits per heavy atom. The molecule has 1 aromatic heterocycles. The van der Waals surface area contributed by atoms with E-state index in [1.165, 1.54) is 0 Å². The van der Waals surface area contributed by atoms with Crippen molar-refractivity contribution in [2.45, 2.75) is 32.8 Å². The van der Waals surface area contributed by atoms with E-state index in [0.29, 0.717) is 12.5 Å². The number of rotatable bonds is 1. The van der Waals surface area contributed by atoms with Crippen LogP contribution in [0.15, 0.2) is 18.5 Å². The van der Waals surface area contributed by atoms with Crippen molar-refractivity contribution in [3.63, 3.8) is 0 Å². The van der Waals surface area contributed by atoms with Crippen LogP contribution in [0.25, 0.3) is 0 Å². The number of carbonyl (C=O) groups is 1. The molecule has 0 radical (unpaired) electrons. The van der Waals surface area contributed by atoms with Crippen LogP contribution in [-0.4, -0.2) is 39.8 Å². The number of carbonyl (C=O) groups excluding carboxylic acids is 1. The summed E-state index contributed by atoms with van der Waals surface area (Å²) in [6.45, 7) is 6.91. The summed E-state index contributed by atoms with van der Waals surface area (Å²) in [6.07, 6.45) is 3.85. The molecule has 18 heavy (non-hydrogen) atoms. The second-order valence-electron chi connectivity index (χ2n) is 5.13. The van der Waals surface area contributed by atoms with Crippen molar-refractivity contribution in [1.29, 1.82) is 0 Å². The molecule has 0 N–H and O–H groups in total. The molecular formula is C12H18N4O2. The first kappa shape index (κ1) is 12.6. The first-order valence-corrected chi connectivity index (χ1v) is 6.02. The zero-order chi connectivity index (χ0) is 13.2. The Morgan fingerprint density at radius 3 is 2.56 bits per heavy atom. The van der Waals surface area contributed by atoms with Crippen LogP contribution in [0.2, 0.25) is 0 Å². The Balaban J connectivity index is 2.11. The van der Waals surface area contributed by atoms with Gasteiger partial charge in [0.15, 0.2) is 0 Å². The van der Waals surface area contributed by atoms with Gasteiger partial charge in [-0.15, -0.1) is 0 Å². The highest BCUT2D eigenvalue weighted by atomic mass is 16.6. The van der Waals surface area contributed by atoms with Gasteiger partial charge in [0.05, 0.1) is 0 Å². The second-order valence-corrected chi connectivity index (χ2v) is 5.13. The molecular weight excluding hydrogens is 232 g/mol. The van der Waals surface area contributed by atoms with Crippen LogP contribution in [0.3, 0.4) is 0 Å².